The summed E-state index contributed by atoms with van der Waals surface area (Å²) in [6, 6.07) is 0. The zero-order chi connectivity index (χ0) is 32.7. The minimum Gasteiger partial charge on any atom is -0.351 e. The number of rotatable bonds is 4. The lowest BCUT2D eigenvalue weighted by Crippen LogP contribution is -2.64. The molecule has 0 saturated heterocycles. The van der Waals surface area contributed by atoms with Gasteiger partial charge in [0.05, 0.1) is 0 Å². The summed E-state index contributed by atoms with van der Waals surface area (Å²) in [5.74, 6) is 2.03. The molecule has 0 spiro atoms. The molecule has 2 N–H and O–H groups in total. The summed E-state index contributed by atoms with van der Waals surface area (Å²) in [6.07, 6.45) is 13.0. The molecule has 6 nitrogen and oxygen atoms in total. The number of hydrogen-bond acceptors (Lipinski definition) is 5. The van der Waals surface area contributed by atoms with Gasteiger partial charge in [0.1, 0.15) is 5.41 Å². The molecule has 44 heavy (non-hydrogen) atoms. The van der Waals surface area contributed by atoms with Crippen LogP contribution in [0.15, 0.2) is 11.1 Å². The molecule has 0 aromatic heterocycles. The first-order chi connectivity index (χ1) is 20.3. The average molecular weight is 612 g/mol. The van der Waals surface area contributed by atoms with Gasteiger partial charge >= 0.3 is 5.97 Å². The molecule has 5 saturated carbocycles. The number of carbonyl (C=O) groups excluding carboxylic acids is 3. The number of ketones is 1. The van der Waals surface area contributed by atoms with Crippen molar-refractivity contribution in [3.8, 4) is 0 Å². The molecule has 0 radical (unpaired) electrons. The van der Waals surface area contributed by atoms with E-state index < -0.39 is 11.4 Å². The third kappa shape index (κ3) is 4.94. The second-order valence-electron chi connectivity index (χ2n) is 18.2. The van der Waals surface area contributed by atoms with Crippen molar-refractivity contribution in [3.63, 3.8) is 0 Å². The second kappa shape index (κ2) is 10.9. The Hall–Kier alpha value is -1.69. The Bertz CT molecular complexity index is 1230. The van der Waals surface area contributed by atoms with Gasteiger partial charge in [0.25, 0.3) is 0 Å². The summed E-state index contributed by atoms with van der Waals surface area (Å²) in [6.45, 7) is 22.6. The van der Waals surface area contributed by atoms with E-state index >= 15 is 0 Å². The summed E-state index contributed by atoms with van der Waals surface area (Å²) >= 11 is 0. The Labute approximate surface area is 266 Å². The van der Waals surface area contributed by atoms with Crippen molar-refractivity contribution >= 4 is 17.7 Å². The van der Waals surface area contributed by atoms with Gasteiger partial charge in [-0.05, 0) is 140 Å². The number of nitrogens with one attached hydrogen (secondary N) is 1. The second-order valence-corrected chi connectivity index (χ2v) is 18.2. The maximum atomic E-state index is 13.3. The molecule has 6 heteroatoms. The van der Waals surface area contributed by atoms with Crippen LogP contribution in [-0.4, -0.2) is 28.5 Å². The fourth-order valence-electron chi connectivity index (χ4n) is 12.4. The SMILES string of the molecule is CC(=O)NC(C)(C)C1CC1.CC(C)C1=C2[C@H]3CC[C@@H]4[C@@]5(C)CCCC(C)(C)[C@@H]5CC[C@@]4(C)[C@]3(C)CC[C@@]2(C(=O)OO)CC1=O. The largest absolute Gasteiger partial charge is 0.352 e. The molecule has 0 heterocycles. The van der Waals surface area contributed by atoms with Gasteiger partial charge in [0, 0.05) is 18.9 Å². The Morgan fingerprint density at radius 1 is 0.886 bits per heavy atom. The van der Waals surface area contributed by atoms with Crippen molar-refractivity contribution in [1.29, 1.82) is 0 Å². The predicted molar refractivity (Wildman–Crippen MR) is 173 cm³/mol. The summed E-state index contributed by atoms with van der Waals surface area (Å²) in [5.41, 5.74) is 2.00. The van der Waals surface area contributed by atoms with Crippen LogP contribution in [0, 0.1) is 56.7 Å². The van der Waals surface area contributed by atoms with Gasteiger partial charge in [-0.15, -0.1) is 0 Å². The third-order valence-corrected chi connectivity index (χ3v) is 14.7. The van der Waals surface area contributed by atoms with Crippen molar-refractivity contribution in [3.05, 3.63) is 11.1 Å². The van der Waals surface area contributed by atoms with Crippen LogP contribution >= 0.6 is 0 Å². The van der Waals surface area contributed by atoms with E-state index in [0.29, 0.717) is 23.2 Å². The quantitative estimate of drug-likeness (QED) is 0.245. The zero-order valence-corrected chi connectivity index (χ0v) is 29.5. The molecule has 0 aromatic rings. The number of Topliss-reactive ketones (excluding diaryl/α,β-unsaturated/α-hetero) is 1. The lowest BCUT2D eigenvalue weighted by molar-refractivity contribution is -0.250. The standard InChI is InChI=1S/C30H46O4.C8H15NO/c1-18(2)23-20(31)17-30(25(32)34-33)16-15-28(6)19(24(23)30)9-10-22-27(5)13-8-12-26(3,4)21(27)11-14-29(22,28)7;1-6(10)9-8(2,3)7-4-5-7/h18-19,21-22,33H,8-17H2,1-7H3;7H,4-5H2,1-3H3,(H,9,10)/t19-,21+,22-,27+,28-,29-,30-;/m1./s1. The van der Waals surface area contributed by atoms with E-state index in [1.807, 2.05) is 0 Å². The van der Waals surface area contributed by atoms with Crippen molar-refractivity contribution in [2.24, 2.45) is 56.7 Å². The highest BCUT2D eigenvalue weighted by molar-refractivity contribution is 6.05. The molecule has 248 valence electrons. The molecular weight excluding hydrogens is 550 g/mol. The van der Waals surface area contributed by atoms with E-state index in [-0.39, 0.29) is 46.3 Å². The van der Waals surface area contributed by atoms with Gasteiger partial charge in [-0.2, -0.15) is 5.26 Å². The molecule has 0 aromatic carbocycles. The van der Waals surface area contributed by atoms with Gasteiger partial charge < -0.3 is 10.2 Å². The molecular formula is C38H61NO5. The molecule has 0 unspecified atom stereocenters. The van der Waals surface area contributed by atoms with Crippen LogP contribution in [0.2, 0.25) is 0 Å². The Morgan fingerprint density at radius 3 is 2.11 bits per heavy atom. The molecule has 0 bridgehead atoms. The van der Waals surface area contributed by atoms with Crippen LogP contribution in [0.1, 0.15) is 146 Å². The molecule has 7 atom stereocenters. The summed E-state index contributed by atoms with van der Waals surface area (Å²) < 4.78 is 0. The van der Waals surface area contributed by atoms with Gasteiger partial charge in [-0.3, -0.25) is 9.59 Å². The van der Waals surface area contributed by atoms with Gasteiger partial charge in [-0.25, -0.2) is 4.79 Å². The minimum absolute atomic E-state index is 0.0336. The normalized spacial score (nSPS) is 41.0. The smallest absolute Gasteiger partial charge is 0.351 e. The van der Waals surface area contributed by atoms with Crippen LogP contribution in [0.3, 0.4) is 0 Å². The first kappa shape index (κ1) is 33.7. The Morgan fingerprint density at radius 2 is 1.55 bits per heavy atom. The van der Waals surface area contributed by atoms with E-state index in [9.17, 15) is 19.6 Å². The summed E-state index contributed by atoms with van der Waals surface area (Å²) in [7, 11) is 0. The number of fused-ring (bicyclic) bond motifs is 7. The number of allylic oxidation sites excluding steroid dienone is 1. The van der Waals surface area contributed by atoms with Crippen molar-refractivity contribution in [2.75, 3.05) is 0 Å². The lowest BCUT2D eigenvalue weighted by Gasteiger charge is -2.71. The van der Waals surface area contributed by atoms with Crippen LogP contribution in [0.4, 0.5) is 0 Å². The first-order valence-corrected chi connectivity index (χ1v) is 17.7. The van der Waals surface area contributed by atoms with Crippen LogP contribution in [0.5, 0.6) is 0 Å². The number of hydrogen-bond donors (Lipinski definition) is 2. The maximum absolute atomic E-state index is 13.3. The fraction of sp³-hybridized carbons (Fsp3) is 0.868. The number of amides is 1. The van der Waals surface area contributed by atoms with Gasteiger partial charge in [0.15, 0.2) is 5.78 Å². The minimum atomic E-state index is -0.952. The van der Waals surface area contributed by atoms with Gasteiger partial charge in [-0.1, -0.05) is 54.9 Å². The van der Waals surface area contributed by atoms with Crippen molar-refractivity contribution in [1.82, 2.24) is 5.32 Å². The zero-order valence-electron chi connectivity index (χ0n) is 29.5. The van der Waals surface area contributed by atoms with Crippen LogP contribution in [0.25, 0.3) is 0 Å². The molecule has 6 rings (SSSR count). The average Bonchev–Trinajstić information content (AvgIpc) is 3.71. The topological polar surface area (TPSA) is 92.7 Å². The highest BCUT2D eigenvalue weighted by atomic mass is 17.1. The molecule has 0 aliphatic heterocycles. The highest BCUT2D eigenvalue weighted by Gasteiger charge is 2.70. The third-order valence-electron chi connectivity index (χ3n) is 14.7. The molecule has 6 aliphatic rings. The van der Waals surface area contributed by atoms with E-state index in [1.165, 1.54) is 51.4 Å². The number of carbonyl (C=O) groups is 3. The predicted octanol–water partition coefficient (Wildman–Crippen LogP) is 8.68. The van der Waals surface area contributed by atoms with Crippen LogP contribution in [-0.2, 0) is 19.3 Å². The molecule has 5 fully saturated rings. The first-order valence-electron chi connectivity index (χ1n) is 17.7. The Kier molecular flexibility index (Phi) is 8.38. The van der Waals surface area contributed by atoms with Crippen molar-refractivity contribution in [2.45, 2.75) is 152 Å². The molecule has 1 amide bonds. The maximum Gasteiger partial charge on any atom is 0.352 e. The fourth-order valence-corrected chi connectivity index (χ4v) is 12.4. The van der Waals surface area contributed by atoms with E-state index in [4.69, 9.17) is 0 Å². The highest BCUT2D eigenvalue weighted by Crippen LogP contribution is 2.76. The van der Waals surface area contributed by atoms with E-state index in [0.717, 1.165) is 35.8 Å². The summed E-state index contributed by atoms with van der Waals surface area (Å²) in [4.78, 5) is 41.5. The van der Waals surface area contributed by atoms with Gasteiger partial charge in [0.2, 0.25) is 5.91 Å². The lowest BCUT2D eigenvalue weighted by atomic mass is 9.33. The van der Waals surface area contributed by atoms with Crippen molar-refractivity contribution < 1.29 is 24.5 Å². The molecule has 6 aliphatic carbocycles. The summed E-state index contributed by atoms with van der Waals surface area (Å²) in [5, 5.41) is 12.4. The monoisotopic (exact) mass is 611 g/mol. The van der Waals surface area contributed by atoms with E-state index in [2.05, 4.69) is 72.5 Å². The van der Waals surface area contributed by atoms with E-state index in [1.54, 1.807) is 6.92 Å². The Balaban J connectivity index is 0.000000328. The van der Waals surface area contributed by atoms with Crippen LogP contribution < -0.4 is 5.32 Å².